The highest BCUT2D eigenvalue weighted by atomic mass is 35.5. The largest absolute Gasteiger partial charge is 0.306 e. The number of fused-ring (bicyclic) bond motifs is 1. The van der Waals surface area contributed by atoms with Crippen LogP contribution in [0.1, 0.15) is 30.5 Å². The van der Waals surface area contributed by atoms with Crippen LogP contribution < -0.4 is 5.32 Å². The Bertz CT molecular complexity index is 764. The molecular formula is C16H16Cl2N4. The molecule has 0 fully saturated rings. The Balaban J connectivity index is 1.74. The van der Waals surface area contributed by atoms with Gasteiger partial charge in [0.15, 0.2) is 0 Å². The molecule has 1 aromatic heterocycles. The van der Waals surface area contributed by atoms with Crippen molar-refractivity contribution in [2.24, 2.45) is 0 Å². The topological polar surface area (TPSA) is 53.6 Å². The van der Waals surface area contributed by atoms with Crippen LogP contribution in [0.2, 0.25) is 10.0 Å². The number of hydrogen-bond donors (Lipinski definition) is 2. The summed E-state index contributed by atoms with van der Waals surface area (Å²) < 4.78 is 0. The summed E-state index contributed by atoms with van der Waals surface area (Å²) in [5.41, 5.74) is 4.01. The maximum absolute atomic E-state index is 6.09. The molecule has 0 bridgehead atoms. The van der Waals surface area contributed by atoms with Gasteiger partial charge in [-0.25, -0.2) is 0 Å². The van der Waals surface area contributed by atoms with E-state index in [2.05, 4.69) is 33.7 Å². The Morgan fingerprint density at radius 1 is 1.05 bits per heavy atom. The minimum Gasteiger partial charge on any atom is -0.306 e. The van der Waals surface area contributed by atoms with Crippen molar-refractivity contribution in [2.45, 2.75) is 25.9 Å². The summed E-state index contributed by atoms with van der Waals surface area (Å²) in [7, 11) is 0. The number of halogens is 2. The lowest BCUT2D eigenvalue weighted by atomic mass is 10.0. The molecule has 0 spiro atoms. The fourth-order valence-corrected chi connectivity index (χ4v) is 3.05. The monoisotopic (exact) mass is 334 g/mol. The molecule has 0 aliphatic heterocycles. The van der Waals surface area contributed by atoms with Crippen molar-refractivity contribution in [1.82, 2.24) is 20.7 Å². The molecule has 0 aliphatic carbocycles. The number of benzene rings is 2. The third kappa shape index (κ3) is 3.40. The highest BCUT2D eigenvalue weighted by Crippen LogP contribution is 2.25. The molecule has 3 aromatic rings. The van der Waals surface area contributed by atoms with E-state index in [4.69, 9.17) is 23.2 Å². The number of aromatic amines is 1. The van der Waals surface area contributed by atoms with E-state index >= 15 is 0 Å². The third-order valence-electron chi connectivity index (χ3n) is 3.63. The van der Waals surface area contributed by atoms with Crippen molar-refractivity contribution < 1.29 is 0 Å². The van der Waals surface area contributed by atoms with Crippen LogP contribution in [0.15, 0.2) is 36.4 Å². The van der Waals surface area contributed by atoms with E-state index in [9.17, 15) is 0 Å². The summed E-state index contributed by atoms with van der Waals surface area (Å²) in [5.74, 6) is 0. The van der Waals surface area contributed by atoms with E-state index < -0.39 is 0 Å². The molecule has 22 heavy (non-hydrogen) atoms. The number of aromatic nitrogens is 3. The average molecular weight is 335 g/mol. The van der Waals surface area contributed by atoms with Crippen LogP contribution in [0.3, 0.4) is 0 Å². The fraction of sp³-hybridized carbons (Fsp3) is 0.250. The average Bonchev–Trinajstić information content (AvgIpc) is 2.94. The predicted octanol–water partition coefficient (Wildman–Crippen LogP) is 4.51. The Hall–Kier alpha value is -1.62. The van der Waals surface area contributed by atoms with Crippen molar-refractivity contribution in [3.63, 3.8) is 0 Å². The Labute approximate surface area is 138 Å². The van der Waals surface area contributed by atoms with Crippen molar-refractivity contribution in [1.29, 1.82) is 0 Å². The first-order valence-electron chi connectivity index (χ1n) is 7.14. The quantitative estimate of drug-likeness (QED) is 0.721. The van der Waals surface area contributed by atoms with Gasteiger partial charge in [-0.15, -0.1) is 0 Å². The zero-order valence-corrected chi connectivity index (χ0v) is 13.6. The summed E-state index contributed by atoms with van der Waals surface area (Å²) in [5, 5.41) is 15.6. The Morgan fingerprint density at radius 3 is 2.50 bits per heavy atom. The molecule has 1 atom stereocenters. The number of rotatable bonds is 5. The van der Waals surface area contributed by atoms with Crippen LogP contribution in [0, 0.1) is 0 Å². The number of nitrogens with one attached hydrogen (secondary N) is 2. The molecule has 114 valence electrons. The molecule has 6 heteroatoms. The van der Waals surface area contributed by atoms with E-state index in [1.54, 1.807) is 6.07 Å². The second-order valence-electron chi connectivity index (χ2n) is 5.19. The maximum atomic E-state index is 6.09. The first-order valence-corrected chi connectivity index (χ1v) is 7.90. The summed E-state index contributed by atoms with van der Waals surface area (Å²) in [4.78, 5) is 0. The van der Waals surface area contributed by atoms with Gasteiger partial charge in [0, 0.05) is 22.6 Å². The van der Waals surface area contributed by atoms with Crippen LogP contribution in [-0.4, -0.2) is 15.4 Å². The minimum atomic E-state index is 0.198. The third-order valence-corrected chi connectivity index (χ3v) is 4.07. The van der Waals surface area contributed by atoms with Crippen LogP contribution in [0.25, 0.3) is 11.0 Å². The van der Waals surface area contributed by atoms with Gasteiger partial charge < -0.3 is 5.32 Å². The highest BCUT2D eigenvalue weighted by molar-refractivity contribution is 6.34. The van der Waals surface area contributed by atoms with Crippen molar-refractivity contribution in [2.75, 3.05) is 0 Å². The van der Waals surface area contributed by atoms with Crippen LogP contribution in [-0.2, 0) is 6.54 Å². The number of nitrogens with zero attached hydrogens (tertiary/aromatic N) is 2. The van der Waals surface area contributed by atoms with Gasteiger partial charge >= 0.3 is 0 Å². The van der Waals surface area contributed by atoms with E-state index in [0.29, 0.717) is 10.0 Å². The van der Waals surface area contributed by atoms with Crippen LogP contribution in [0.5, 0.6) is 0 Å². The second kappa shape index (κ2) is 6.65. The number of H-pyrrole nitrogens is 1. The Kier molecular flexibility index (Phi) is 4.62. The van der Waals surface area contributed by atoms with Crippen LogP contribution in [0.4, 0.5) is 0 Å². The minimum absolute atomic E-state index is 0.198. The van der Waals surface area contributed by atoms with Crippen molar-refractivity contribution in [3.05, 3.63) is 57.6 Å². The van der Waals surface area contributed by atoms with Gasteiger partial charge in [0.1, 0.15) is 11.0 Å². The smallest absolute Gasteiger partial charge is 0.113 e. The number of hydrogen-bond acceptors (Lipinski definition) is 3. The summed E-state index contributed by atoms with van der Waals surface area (Å²) in [6, 6.07) is 11.9. The molecule has 2 aromatic carbocycles. The lowest BCUT2D eigenvalue weighted by molar-refractivity contribution is 0.519. The zero-order chi connectivity index (χ0) is 15.5. The summed E-state index contributed by atoms with van der Waals surface area (Å²) in [6.07, 6.45) is 0.947. The van der Waals surface area contributed by atoms with E-state index in [0.717, 1.165) is 35.1 Å². The molecule has 0 amide bonds. The molecule has 1 unspecified atom stereocenters. The van der Waals surface area contributed by atoms with Gasteiger partial charge in [-0.3, -0.25) is 0 Å². The normalized spacial score (nSPS) is 12.7. The molecular weight excluding hydrogens is 319 g/mol. The fourth-order valence-electron chi connectivity index (χ4n) is 2.51. The molecule has 0 saturated carbocycles. The highest BCUT2D eigenvalue weighted by Gasteiger charge is 2.11. The molecule has 0 aliphatic rings. The summed E-state index contributed by atoms with van der Waals surface area (Å²) in [6.45, 7) is 2.87. The summed E-state index contributed by atoms with van der Waals surface area (Å²) >= 11 is 12.2. The van der Waals surface area contributed by atoms with E-state index in [1.165, 1.54) is 0 Å². The van der Waals surface area contributed by atoms with Crippen LogP contribution >= 0.6 is 23.2 Å². The van der Waals surface area contributed by atoms with Gasteiger partial charge in [0.05, 0.1) is 0 Å². The van der Waals surface area contributed by atoms with Gasteiger partial charge in [-0.2, -0.15) is 15.4 Å². The molecule has 2 N–H and O–H groups in total. The van der Waals surface area contributed by atoms with Crippen molar-refractivity contribution >= 4 is 34.2 Å². The molecule has 1 heterocycles. The lowest BCUT2D eigenvalue weighted by Crippen LogP contribution is -2.20. The van der Waals surface area contributed by atoms with Gasteiger partial charge in [0.2, 0.25) is 0 Å². The SMILES string of the molecule is CCC(NCc1ccc2n[nH]nc2c1)c1cc(Cl)cc(Cl)c1. The van der Waals surface area contributed by atoms with E-state index in [1.807, 2.05) is 24.3 Å². The zero-order valence-electron chi connectivity index (χ0n) is 12.1. The standard InChI is InChI=1S/C16H16Cl2N4/c1-2-14(11-6-12(17)8-13(18)7-11)19-9-10-3-4-15-16(5-10)21-22-20-15/h3-8,14,19H,2,9H2,1H3,(H,20,21,22). The van der Waals surface area contributed by atoms with Gasteiger partial charge in [0.25, 0.3) is 0 Å². The molecule has 0 radical (unpaired) electrons. The van der Waals surface area contributed by atoms with E-state index in [-0.39, 0.29) is 6.04 Å². The predicted molar refractivity (Wildman–Crippen MR) is 90.2 cm³/mol. The van der Waals surface area contributed by atoms with Crippen molar-refractivity contribution in [3.8, 4) is 0 Å². The molecule has 4 nitrogen and oxygen atoms in total. The second-order valence-corrected chi connectivity index (χ2v) is 6.06. The van der Waals surface area contributed by atoms with Gasteiger partial charge in [-0.1, -0.05) is 36.2 Å². The molecule has 3 rings (SSSR count). The first-order chi connectivity index (χ1) is 10.7. The van der Waals surface area contributed by atoms with Gasteiger partial charge in [-0.05, 0) is 47.9 Å². The lowest BCUT2D eigenvalue weighted by Gasteiger charge is -2.18. The Morgan fingerprint density at radius 2 is 1.77 bits per heavy atom. The molecule has 0 saturated heterocycles. The maximum Gasteiger partial charge on any atom is 0.113 e. The first kappa shape index (κ1) is 15.3.